The number of benzene rings is 2. The zero-order valence-corrected chi connectivity index (χ0v) is 27.2. The first kappa shape index (κ1) is 33.3. The number of anilines is 1. The molecule has 4 rings (SSSR count). The second kappa shape index (κ2) is 18.9. The summed E-state index contributed by atoms with van der Waals surface area (Å²) in [6, 6.07) is 22.6. The number of imidazole rings is 1. The second-order valence-corrected chi connectivity index (χ2v) is 12.3. The number of carbonyl (C=O) groups excluding carboxylic acids is 1. The molecule has 1 N–H and O–H groups in total. The van der Waals surface area contributed by atoms with E-state index in [1.165, 1.54) is 83.5 Å². The summed E-state index contributed by atoms with van der Waals surface area (Å²) < 4.78 is 8.27. The fourth-order valence-corrected chi connectivity index (χ4v) is 6.00. The van der Waals surface area contributed by atoms with Crippen LogP contribution in [0.15, 0.2) is 79.1 Å². The van der Waals surface area contributed by atoms with Crippen molar-refractivity contribution in [2.75, 3.05) is 11.5 Å². The lowest BCUT2D eigenvalue weighted by atomic mass is 10.0. The topological polar surface area (TPSA) is 49.4 Å². The van der Waals surface area contributed by atoms with Crippen molar-refractivity contribution in [2.45, 2.75) is 117 Å². The molecule has 4 aromatic rings. The molecule has 0 fully saturated rings. The Labute approximate surface area is 265 Å². The van der Waals surface area contributed by atoms with E-state index < -0.39 is 0 Å². The summed E-state index contributed by atoms with van der Waals surface area (Å²) in [5.41, 5.74) is 4.26. The second-order valence-electron chi connectivity index (χ2n) is 12.3. The molecule has 0 spiro atoms. The molecule has 5 heteroatoms. The van der Waals surface area contributed by atoms with E-state index >= 15 is 0 Å². The lowest BCUT2D eigenvalue weighted by Crippen LogP contribution is -2.28. The molecule has 0 atom stereocenters. The predicted molar refractivity (Wildman–Crippen MR) is 182 cm³/mol. The number of amides is 1. The average Bonchev–Trinajstić information content (AvgIpc) is 3.44. The number of carbonyl (C=O) groups is 1. The Hall–Kier alpha value is -3.60. The molecule has 1 amide bonds. The number of unbranched alkanes of at least 4 members (excludes halogenated alkanes) is 13. The fraction of sp³-hybridized carbons (Fsp3) is 0.487. The third-order valence-corrected chi connectivity index (χ3v) is 8.55. The number of aromatic amines is 1. The van der Waals surface area contributed by atoms with E-state index in [-0.39, 0.29) is 5.91 Å². The van der Waals surface area contributed by atoms with Gasteiger partial charge in [0.1, 0.15) is 11.9 Å². The van der Waals surface area contributed by atoms with E-state index in [1.54, 1.807) is 6.92 Å². The van der Waals surface area contributed by atoms with Gasteiger partial charge in [-0.25, -0.2) is 4.98 Å². The number of rotatable bonds is 21. The van der Waals surface area contributed by atoms with Crippen LogP contribution in [0.2, 0.25) is 0 Å². The molecule has 0 aliphatic rings. The maximum absolute atomic E-state index is 12.7. The Kier molecular flexibility index (Phi) is 14.3. The van der Waals surface area contributed by atoms with Crippen LogP contribution in [0.5, 0.6) is 5.75 Å². The van der Waals surface area contributed by atoms with Crippen LogP contribution in [-0.4, -0.2) is 17.5 Å². The van der Waals surface area contributed by atoms with Gasteiger partial charge < -0.3 is 9.64 Å². The minimum Gasteiger partial charge on any atom is -0.494 e. The van der Waals surface area contributed by atoms with Crippen LogP contribution < -0.4 is 14.0 Å². The number of H-pyrrole nitrogens is 1. The molecule has 2 aromatic carbocycles. The average molecular weight is 597 g/mol. The Balaban J connectivity index is 1.16. The van der Waals surface area contributed by atoms with E-state index in [0.717, 1.165) is 53.4 Å². The zero-order valence-electron chi connectivity index (χ0n) is 27.2. The van der Waals surface area contributed by atoms with Gasteiger partial charge in [0.25, 0.3) is 5.82 Å². The summed E-state index contributed by atoms with van der Waals surface area (Å²) in [6.07, 6.45) is 23.8. The first-order valence-corrected chi connectivity index (χ1v) is 17.2. The molecule has 0 saturated carbocycles. The van der Waals surface area contributed by atoms with E-state index in [2.05, 4.69) is 52.8 Å². The summed E-state index contributed by atoms with van der Waals surface area (Å²) in [5, 5.41) is 0. The van der Waals surface area contributed by atoms with Crippen LogP contribution in [0, 0.1) is 0 Å². The highest BCUT2D eigenvalue weighted by Crippen LogP contribution is 2.23. The van der Waals surface area contributed by atoms with Crippen LogP contribution in [0.25, 0.3) is 5.52 Å². The molecular formula is C39H54N3O2+. The van der Waals surface area contributed by atoms with E-state index in [0.29, 0.717) is 6.54 Å². The van der Waals surface area contributed by atoms with E-state index in [4.69, 9.17) is 4.74 Å². The van der Waals surface area contributed by atoms with Gasteiger partial charge in [0.05, 0.1) is 25.8 Å². The number of hydrogen-bond donors (Lipinski definition) is 1. The quantitative estimate of drug-likeness (QED) is 0.0769. The number of fused-ring (bicyclic) bond motifs is 1. The van der Waals surface area contributed by atoms with Crippen molar-refractivity contribution in [3.63, 3.8) is 0 Å². The number of hydrogen-bond acceptors (Lipinski definition) is 2. The maximum atomic E-state index is 12.7. The van der Waals surface area contributed by atoms with Gasteiger partial charge in [-0.2, -0.15) is 4.40 Å². The van der Waals surface area contributed by atoms with Gasteiger partial charge in [-0.1, -0.05) is 121 Å². The minimum atomic E-state index is 0.0237. The largest absolute Gasteiger partial charge is 0.494 e. The highest BCUT2D eigenvalue weighted by molar-refractivity contribution is 5.91. The Morgan fingerprint density at radius 1 is 0.750 bits per heavy atom. The molecule has 2 aromatic heterocycles. The van der Waals surface area contributed by atoms with Crippen molar-refractivity contribution in [2.24, 2.45) is 0 Å². The standard InChI is InChI=1S/C39H53N3O2/c1-3-4-5-6-7-8-9-10-11-12-13-14-15-18-27-44-38-25-20-22-35(29-38)32-42(33(2)43)36-24-19-21-34(28-36)30-39-40-31-37-23-16-17-26-41(37)39/h16-17,19-26,28-29,31H,3-15,18,27,30,32H2,1-2H3/p+1. The zero-order chi connectivity index (χ0) is 30.8. The van der Waals surface area contributed by atoms with Crippen LogP contribution in [0.1, 0.15) is 121 Å². The van der Waals surface area contributed by atoms with Crippen LogP contribution in [0.4, 0.5) is 5.69 Å². The van der Waals surface area contributed by atoms with Crippen molar-refractivity contribution < 1.29 is 13.9 Å². The summed E-state index contributed by atoms with van der Waals surface area (Å²) in [6.45, 7) is 5.17. The minimum absolute atomic E-state index is 0.0237. The molecule has 0 bridgehead atoms. The molecule has 5 nitrogen and oxygen atoms in total. The Morgan fingerprint density at radius 2 is 1.41 bits per heavy atom. The molecule has 0 aliphatic heterocycles. The summed E-state index contributed by atoms with van der Waals surface area (Å²) in [4.78, 5) is 18.0. The van der Waals surface area contributed by atoms with Crippen molar-refractivity contribution in [3.8, 4) is 5.75 Å². The first-order valence-electron chi connectivity index (χ1n) is 17.2. The molecule has 0 saturated heterocycles. The van der Waals surface area contributed by atoms with Gasteiger partial charge in [-0.15, -0.1) is 0 Å². The molecular weight excluding hydrogens is 542 g/mol. The van der Waals surface area contributed by atoms with Crippen molar-refractivity contribution in [3.05, 3.63) is 96.1 Å². The van der Waals surface area contributed by atoms with Crippen molar-refractivity contribution in [1.29, 1.82) is 0 Å². The molecule has 0 aliphatic carbocycles. The lowest BCUT2D eigenvalue weighted by Gasteiger charge is -2.22. The van der Waals surface area contributed by atoms with Gasteiger partial charge in [0.2, 0.25) is 5.91 Å². The molecule has 236 valence electrons. The summed E-state index contributed by atoms with van der Waals surface area (Å²) >= 11 is 0. The number of ether oxygens (including phenoxy) is 1. The van der Waals surface area contributed by atoms with E-state index in [9.17, 15) is 4.79 Å². The number of nitrogens with zero attached hydrogens (tertiary/aromatic N) is 2. The maximum Gasteiger partial charge on any atom is 0.263 e. The van der Waals surface area contributed by atoms with E-state index in [1.807, 2.05) is 47.5 Å². The Bertz CT molecular complexity index is 1390. The van der Waals surface area contributed by atoms with Gasteiger partial charge in [0, 0.05) is 12.6 Å². The molecule has 44 heavy (non-hydrogen) atoms. The normalized spacial score (nSPS) is 11.2. The monoisotopic (exact) mass is 596 g/mol. The number of aromatic nitrogens is 2. The first-order chi connectivity index (χ1) is 21.6. The van der Waals surface area contributed by atoms with Crippen LogP contribution >= 0.6 is 0 Å². The lowest BCUT2D eigenvalue weighted by molar-refractivity contribution is -0.520. The van der Waals surface area contributed by atoms with Gasteiger partial charge >= 0.3 is 0 Å². The SMILES string of the molecule is CCCCCCCCCCCCCCCCOc1cccc(CN(C(C)=O)c2cccc(Cc3[nH]cc4cccc[n+]34)c2)c1. The molecule has 0 radical (unpaired) electrons. The predicted octanol–water partition coefficient (Wildman–Crippen LogP) is 9.76. The third-order valence-electron chi connectivity index (χ3n) is 8.55. The van der Waals surface area contributed by atoms with Crippen LogP contribution in [-0.2, 0) is 17.8 Å². The van der Waals surface area contributed by atoms with Gasteiger partial charge in [0.15, 0.2) is 5.52 Å². The molecule has 2 heterocycles. The summed E-state index contributed by atoms with van der Waals surface area (Å²) in [7, 11) is 0. The number of nitrogens with one attached hydrogen (secondary N) is 1. The Morgan fingerprint density at radius 3 is 2.11 bits per heavy atom. The highest BCUT2D eigenvalue weighted by atomic mass is 16.5. The summed E-state index contributed by atoms with van der Waals surface area (Å²) in [5.74, 6) is 2.01. The highest BCUT2D eigenvalue weighted by Gasteiger charge is 2.16. The van der Waals surface area contributed by atoms with Crippen molar-refractivity contribution >= 4 is 17.1 Å². The molecule has 0 unspecified atom stereocenters. The van der Waals surface area contributed by atoms with Gasteiger partial charge in [-0.05, 0) is 53.9 Å². The van der Waals surface area contributed by atoms with Gasteiger partial charge in [-0.3, -0.25) is 4.79 Å². The van der Waals surface area contributed by atoms with Crippen molar-refractivity contribution in [1.82, 2.24) is 4.98 Å². The third kappa shape index (κ3) is 11.2. The smallest absolute Gasteiger partial charge is 0.263 e. The number of pyridine rings is 1. The fourth-order valence-electron chi connectivity index (χ4n) is 6.00. The van der Waals surface area contributed by atoms with Crippen LogP contribution in [0.3, 0.4) is 0 Å².